The third-order valence-corrected chi connectivity index (χ3v) is 6.07. The number of benzene rings is 1. The van der Waals surface area contributed by atoms with Gasteiger partial charge in [0.25, 0.3) is 0 Å². The smallest absolute Gasteiger partial charge is 0.224 e. The number of aromatic nitrogens is 2. The Labute approximate surface area is 181 Å². The van der Waals surface area contributed by atoms with Gasteiger partial charge in [0.15, 0.2) is 0 Å². The van der Waals surface area contributed by atoms with E-state index in [-0.39, 0.29) is 5.91 Å². The summed E-state index contributed by atoms with van der Waals surface area (Å²) in [5.41, 5.74) is 5.61. The third-order valence-electron chi connectivity index (χ3n) is 6.07. The van der Waals surface area contributed by atoms with E-state index in [1.54, 1.807) is 0 Å². The van der Waals surface area contributed by atoms with Gasteiger partial charge in [-0.15, -0.1) is 0 Å². The molecule has 1 saturated heterocycles. The fourth-order valence-electron chi connectivity index (χ4n) is 4.39. The molecule has 0 spiro atoms. The second kappa shape index (κ2) is 10.3. The van der Waals surface area contributed by atoms with Crippen molar-refractivity contribution in [3.63, 3.8) is 0 Å². The van der Waals surface area contributed by atoms with E-state index in [9.17, 15) is 4.79 Å². The van der Waals surface area contributed by atoms with Gasteiger partial charge in [0.1, 0.15) is 0 Å². The second-order valence-electron chi connectivity index (χ2n) is 9.48. The van der Waals surface area contributed by atoms with Crippen LogP contribution in [0.5, 0.6) is 0 Å². The van der Waals surface area contributed by atoms with Gasteiger partial charge >= 0.3 is 0 Å². The average Bonchev–Trinajstić information content (AvgIpc) is 2.94. The summed E-state index contributed by atoms with van der Waals surface area (Å²) in [7, 11) is 0. The standard InChI is InChI=1S/C25H38N4O/c1-18(2)15-29-21(5)24(20(4)27-29)13-25(30)26-14-22-8-10-23(11-9-22)17-28-12-6-7-19(3)16-28/h8-11,18-19H,6-7,12-17H2,1-5H3,(H,26,30)/t19-/m0/s1. The minimum atomic E-state index is 0.0525. The Kier molecular flexibility index (Phi) is 7.70. The molecule has 0 aliphatic carbocycles. The topological polar surface area (TPSA) is 50.2 Å². The Bertz CT molecular complexity index is 838. The first-order chi connectivity index (χ1) is 14.3. The highest BCUT2D eigenvalue weighted by atomic mass is 16.1. The molecular weight excluding hydrogens is 372 g/mol. The number of amides is 1. The zero-order valence-electron chi connectivity index (χ0n) is 19.4. The molecule has 0 unspecified atom stereocenters. The molecule has 0 saturated carbocycles. The predicted octanol–water partition coefficient (Wildman–Crippen LogP) is 4.25. The molecule has 164 valence electrons. The molecule has 5 heteroatoms. The normalized spacial score (nSPS) is 17.5. The monoisotopic (exact) mass is 410 g/mol. The molecule has 5 nitrogen and oxygen atoms in total. The van der Waals surface area contributed by atoms with Crippen molar-refractivity contribution in [2.45, 2.75) is 73.5 Å². The van der Waals surface area contributed by atoms with Gasteiger partial charge in [0.2, 0.25) is 5.91 Å². The lowest BCUT2D eigenvalue weighted by Crippen LogP contribution is -2.33. The van der Waals surface area contributed by atoms with Crippen LogP contribution in [-0.2, 0) is 30.8 Å². The van der Waals surface area contributed by atoms with Crippen LogP contribution < -0.4 is 5.32 Å². The molecule has 2 heterocycles. The summed E-state index contributed by atoms with van der Waals surface area (Å²) >= 11 is 0. The van der Waals surface area contributed by atoms with Crippen LogP contribution in [0.25, 0.3) is 0 Å². The van der Waals surface area contributed by atoms with Gasteiger partial charge in [0.05, 0.1) is 12.1 Å². The van der Waals surface area contributed by atoms with Crippen LogP contribution in [-0.4, -0.2) is 33.7 Å². The van der Waals surface area contributed by atoms with E-state index in [0.29, 0.717) is 18.9 Å². The number of likely N-dealkylation sites (tertiary alicyclic amines) is 1. The molecule has 1 amide bonds. The van der Waals surface area contributed by atoms with Gasteiger partial charge in [-0.3, -0.25) is 14.4 Å². The van der Waals surface area contributed by atoms with Gasteiger partial charge in [-0.2, -0.15) is 5.10 Å². The lowest BCUT2D eigenvalue weighted by Gasteiger charge is -2.30. The fraction of sp³-hybridized carbons (Fsp3) is 0.600. The Morgan fingerprint density at radius 1 is 1.20 bits per heavy atom. The van der Waals surface area contributed by atoms with E-state index in [1.165, 1.54) is 31.5 Å². The molecular formula is C25H38N4O. The molecule has 1 atom stereocenters. The average molecular weight is 411 g/mol. The van der Waals surface area contributed by atoms with Gasteiger partial charge in [-0.25, -0.2) is 0 Å². The van der Waals surface area contributed by atoms with Crippen LogP contribution in [0.3, 0.4) is 0 Å². The van der Waals surface area contributed by atoms with Gasteiger partial charge < -0.3 is 5.32 Å². The number of aryl methyl sites for hydroxylation is 1. The molecule has 0 bridgehead atoms. The van der Waals surface area contributed by atoms with E-state index in [2.05, 4.69) is 67.3 Å². The molecule has 3 rings (SSSR count). The maximum atomic E-state index is 12.5. The van der Waals surface area contributed by atoms with Crippen LogP contribution >= 0.6 is 0 Å². The number of rotatable bonds is 8. The summed E-state index contributed by atoms with van der Waals surface area (Å²) in [6.45, 7) is 15.6. The van der Waals surface area contributed by atoms with Crippen molar-refractivity contribution in [1.29, 1.82) is 0 Å². The van der Waals surface area contributed by atoms with Crippen LogP contribution in [0, 0.1) is 25.7 Å². The van der Waals surface area contributed by atoms with Crippen molar-refractivity contribution in [2.75, 3.05) is 13.1 Å². The molecule has 2 aromatic rings. The number of hydrogen-bond donors (Lipinski definition) is 1. The Morgan fingerprint density at radius 3 is 2.57 bits per heavy atom. The lowest BCUT2D eigenvalue weighted by molar-refractivity contribution is -0.120. The van der Waals surface area contributed by atoms with E-state index in [0.717, 1.165) is 41.5 Å². The van der Waals surface area contributed by atoms with Crippen LogP contribution in [0.1, 0.15) is 61.7 Å². The highest BCUT2D eigenvalue weighted by Gasteiger charge is 2.17. The summed E-state index contributed by atoms with van der Waals surface area (Å²) in [6.07, 6.45) is 3.05. The summed E-state index contributed by atoms with van der Waals surface area (Å²) in [5, 5.41) is 7.69. The first-order valence-electron chi connectivity index (χ1n) is 11.4. The van der Waals surface area contributed by atoms with Crippen molar-refractivity contribution in [3.05, 3.63) is 52.3 Å². The number of nitrogens with zero attached hydrogens (tertiary/aromatic N) is 3. The minimum Gasteiger partial charge on any atom is -0.352 e. The maximum absolute atomic E-state index is 12.5. The largest absolute Gasteiger partial charge is 0.352 e. The highest BCUT2D eigenvalue weighted by molar-refractivity contribution is 5.79. The van der Waals surface area contributed by atoms with Gasteiger partial charge in [-0.1, -0.05) is 45.0 Å². The molecule has 1 N–H and O–H groups in total. The molecule has 0 radical (unpaired) electrons. The SMILES string of the molecule is Cc1nn(CC(C)C)c(C)c1CC(=O)NCc1ccc(CN2CCC[C@H](C)C2)cc1. The number of hydrogen-bond acceptors (Lipinski definition) is 3. The lowest BCUT2D eigenvalue weighted by atomic mass is 9.99. The maximum Gasteiger partial charge on any atom is 0.224 e. The molecule has 1 aromatic carbocycles. The zero-order chi connectivity index (χ0) is 21.7. The Hall–Kier alpha value is -2.14. The van der Waals surface area contributed by atoms with Crippen molar-refractivity contribution in [1.82, 2.24) is 20.0 Å². The quantitative estimate of drug-likeness (QED) is 0.708. The highest BCUT2D eigenvalue weighted by Crippen LogP contribution is 2.18. The van der Waals surface area contributed by atoms with E-state index in [4.69, 9.17) is 0 Å². The first-order valence-corrected chi connectivity index (χ1v) is 11.4. The van der Waals surface area contributed by atoms with E-state index in [1.807, 2.05) is 11.6 Å². The molecule has 30 heavy (non-hydrogen) atoms. The summed E-state index contributed by atoms with van der Waals surface area (Å²) in [5.74, 6) is 1.39. The van der Waals surface area contributed by atoms with Crippen LogP contribution in [0.2, 0.25) is 0 Å². The fourth-order valence-corrected chi connectivity index (χ4v) is 4.39. The number of piperidine rings is 1. The second-order valence-corrected chi connectivity index (χ2v) is 9.48. The molecule has 1 aliphatic rings. The number of carbonyl (C=O) groups is 1. The minimum absolute atomic E-state index is 0.0525. The van der Waals surface area contributed by atoms with Gasteiger partial charge in [0, 0.05) is 37.4 Å². The van der Waals surface area contributed by atoms with Crippen molar-refractivity contribution < 1.29 is 4.79 Å². The predicted molar refractivity (Wildman–Crippen MR) is 122 cm³/mol. The van der Waals surface area contributed by atoms with Crippen LogP contribution in [0.15, 0.2) is 24.3 Å². The molecule has 1 aromatic heterocycles. The van der Waals surface area contributed by atoms with Crippen molar-refractivity contribution in [2.24, 2.45) is 11.8 Å². The van der Waals surface area contributed by atoms with Crippen molar-refractivity contribution >= 4 is 5.91 Å². The summed E-state index contributed by atoms with van der Waals surface area (Å²) in [6, 6.07) is 8.68. The van der Waals surface area contributed by atoms with Gasteiger partial charge in [-0.05, 0) is 56.2 Å². The Morgan fingerprint density at radius 2 is 1.90 bits per heavy atom. The summed E-state index contributed by atoms with van der Waals surface area (Å²) in [4.78, 5) is 15.1. The van der Waals surface area contributed by atoms with E-state index < -0.39 is 0 Å². The van der Waals surface area contributed by atoms with E-state index >= 15 is 0 Å². The van der Waals surface area contributed by atoms with Crippen LogP contribution in [0.4, 0.5) is 0 Å². The Balaban J connectivity index is 1.49. The molecule has 1 aliphatic heterocycles. The van der Waals surface area contributed by atoms with Crippen molar-refractivity contribution in [3.8, 4) is 0 Å². The third kappa shape index (κ3) is 6.18. The summed E-state index contributed by atoms with van der Waals surface area (Å²) < 4.78 is 2.03. The molecule has 1 fully saturated rings. The number of carbonyl (C=O) groups excluding carboxylic acids is 1. The zero-order valence-corrected chi connectivity index (χ0v) is 19.4. The number of nitrogens with one attached hydrogen (secondary N) is 1. The first kappa shape index (κ1) is 22.5.